The van der Waals surface area contributed by atoms with Crippen LogP contribution >= 0.6 is 0 Å². The zero-order valence-corrected chi connectivity index (χ0v) is 20.4. The van der Waals surface area contributed by atoms with Crippen LogP contribution in [-0.2, 0) is 16.8 Å². The Hall–Kier alpha value is -2.90. The molecule has 1 fully saturated rings. The first-order valence-electron chi connectivity index (χ1n) is 11.9. The number of amidine groups is 1. The molecule has 1 aliphatic heterocycles. The van der Waals surface area contributed by atoms with Crippen LogP contribution in [0.3, 0.4) is 0 Å². The van der Waals surface area contributed by atoms with Crippen LogP contribution in [0, 0.1) is 17.3 Å². The minimum atomic E-state index is -0.642. The maximum Gasteiger partial charge on any atom is 0.184 e. The highest BCUT2D eigenvalue weighted by atomic mass is 16.5. The summed E-state index contributed by atoms with van der Waals surface area (Å²) in [5.41, 5.74) is 12.2. The highest BCUT2D eigenvalue weighted by molar-refractivity contribution is 6.41. The molecule has 4 rings (SSSR count). The summed E-state index contributed by atoms with van der Waals surface area (Å²) in [7, 11) is 1.82. The van der Waals surface area contributed by atoms with E-state index in [1.54, 1.807) is 6.08 Å². The van der Waals surface area contributed by atoms with Crippen LogP contribution in [-0.4, -0.2) is 24.8 Å². The van der Waals surface area contributed by atoms with E-state index >= 15 is 0 Å². The third kappa shape index (κ3) is 3.89. The molecule has 0 radical (unpaired) electrons. The van der Waals surface area contributed by atoms with E-state index in [-0.39, 0.29) is 5.41 Å². The molecule has 0 saturated heterocycles. The number of nitrogens with zero attached hydrogens (tertiary/aromatic N) is 2. The molecule has 0 aromatic heterocycles. The largest absolute Gasteiger partial charge is 0.382 e. The second-order valence-corrected chi connectivity index (χ2v) is 9.38. The number of hydrogen-bond acceptors (Lipinski definition) is 4. The molecular weight excluding hydrogens is 406 g/mol. The second-order valence-electron chi connectivity index (χ2n) is 9.38. The van der Waals surface area contributed by atoms with Gasteiger partial charge in [-0.1, -0.05) is 36.8 Å². The number of fused-ring (bicyclic) bond motifs is 3. The fraction of sp³-hybridized carbons (Fsp3) is 0.448. The highest BCUT2D eigenvalue weighted by Gasteiger charge is 2.58. The molecule has 33 heavy (non-hydrogen) atoms. The molecule has 0 bridgehead atoms. The number of allylic oxidation sites excluding steroid dienone is 5. The summed E-state index contributed by atoms with van der Waals surface area (Å²) in [6.07, 6.45) is 12.6. The molecule has 4 heteroatoms. The molecule has 2 spiro atoms. The third-order valence-electron chi connectivity index (χ3n) is 7.75. The van der Waals surface area contributed by atoms with Crippen molar-refractivity contribution in [1.82, 2.24) is 0 Å². The lowest BCUT2D eigenvalue weighted by Crippen LogP contribution is -2.49. The Morgan fingerprint density at radius 3 is 2.58 bits per heavy atom. The van der Waals surface area contributed by atoms with Crippen molar-refractivity contribution in [3.05, 3.63) is 65.3 Å². The van der Waals surface area contributed by atoms with Gasteiger partial charge in [-0.3, -0.25) is 4.99 Å². The molecule has 4 nitrogen and oxygen atoms in total. The van der Waals surface area contributed by atoms with Crippen LogP contribution in [0.4, 0.5) is 0 Å². The number of aryl methyl sites for hydroxylation is 1. The van der Waals surface area contributed by atoms with Gasteiger partial charge in [0.05, 0.1) is 11.8 Å². The smallest absolute Gasteiger partial charge is 0.184 e. The number of methoxy groups -OCH3 is 1. The van der Waals surface area contributed by atoms with Crippen LogP contribution in [0.1, 0.15) is 69.6 Å². The molecule has 1 aromatic rings. The summed E-state index contributed by atoms with van der Waals surface area (Å²) in [4.78, 5) is 10.4. The van der Waals surface area contributed by atoms with Gasteiger partial charge in [0.2, 0.25) is 0 Å². The lowest BCUT2D eigenvalue weighted by molar-refractivity contribution is -0.0180. The predicted molar refractivity (Wildman–Crippen MR) is 138 cm³/mol. The second kappa shape index (κ2) is 9.15. The maximum absolute atomic E-state index is 6.37. The number of aliphatic imine (C=N–C) groups is 2. The van der Waals surface area contributed by atoms with Crippen LogP contribution in [0.25, 0.3) is 5.57 Å². The minimum absolute atomic E-state index is 0.0259. The third-order valence-corrected chi connectivity index (χ3v) is 7.75. The molecule has 0 amide bonds. The van der Waals surface area contributed by atoms with Crippen molar-refractivity contribution in [2.45, 2.75) is 71.1 Å². The number of benzene rings is 1. The molecule has 2 aliphatic carbocycles. The van der Waals surface area contributed by atoms with Gasteiger partial charge in [0.15, 0.2) is 5.66 Å². The van der Waals surface area contributed by atoms with Gasteiger partial charge in [-0.25, -0.2) is 4.99 Å². The van der Waals surface area contributed by atoms with Crippen LogP contribution < -0.4 is 5.73 Å². The Morgan fingerprint density at radius 1 is 1.24 bits per heavy atom. The van der Waals surface area contributed by atoms with E-state index < -0.39 is 5.66 Å². The van der Waals surface area contributed by atoms with Crippen molar-refractivity contribution in [3.8, 4) is 11.8 Å². The maximum atomic E-state index is 6.37. The van der Waals surface area contributed by atoms with Gasteiger partial charge in [-0.15, -0.1) is 5.92 Å². The molecule has 1 saturated carbocycles. The van der Waals surface area contributed by atoms with E-state index in [1.807, 2.05) is 21.0 Å². The molecular formula is C29H35N3O. The van der Waals surface area contributed by atoms with Gasteiger partial charge < -0.3 is 10.5 Å². The quantitative estimate of drug-likeness (QED) is 0.479. The zero-order valence-electron chi connectivity index (χ0n) is 20.4. The lowest BCUT2D eigenvalue weighted by atomic mass is 9.57. The zero-order chi connectivity index (χ0) is 23.6. The number of hydrogen-bond donors (Lipinski definition) is 1. The fourth-order valence-corrected chi connectivity index (χ4v) is 5.84. The number of nitrogens with two attached hydrogens (primary N) is 1. The molecule has 1 unspecified atom stereocenters. The topological polar surface area (TPSA) is 60.0 Å². The monoisotopic (exact) mass is 441 g/mol. The van der Waals surface area contributed by atoms with Crippen molar-refractivity contribution >= 4 is 17.1 Å². The van der Waals surface area contributed by atoms with Gasteiger partial charge in [-0.05, 0) is 88.1 Å². The summed E-state index contributed by atoms with van der Waals surface area (Å²) < 4.78 is 5.69. The van der Waals surface area contributed by atoms with E-state index in [2.05, 4.69) is 55.7 Å². The molecule has 2 N–H and O–H groups in total. The van der Waals surface area contributed by atoms with Crippen molar-refractivity contribution in [1.29, 1.82) is 0 Å². The van der Waals surface area contributed by atoms with Gasteiger partial charge >= 0.3 is 0 Å². The molecule has 3 aliphatic rings. The molecule has 1 atom stereocenters. The van der Waals surface area contributed by atoms with Crippen LogP contribution in [0.15, 0.2) is 58.6 Å². The Balaban J connectivity index is 1.86. The summed E-state index contributed by atoms with van der Waals surface area (Å²) in [6, 6.07) is 6.76. The van der Waals surface area contributed by atoms with E-state index in [0.29, 0.717) is 11.9 Å². The normalized spacial score (nSPS) is 29.3. The van der Waals surface area contributed by atoms with Gasteiger partial charge in [0.25, 0.3) is 0 Å². The summed E-state index contributed by atoms with van der Waals surface area (Å²) in [5.74, 6) is 6.66. The van der Waals surface area contributed by atoms with Crippen LogP contribution in [0.5, 0.6) is 0 Å². The molecule has 1 heterocycles. The Morgan fingerprint density at radius 2 is 2.00 bits per heavy atom. The standard InChI is InChI=1S/C29H35N3O/c1-6-9-21(7-2)18-22(8-3)24-11-10-23-12-15-28(16-13-25(33-5)14-17-28)29(26(23)19-24)31-20(4)27(30)32-29/h7-8,10-11,18-19,25H,2,12-17H2,1,3-5H3,(H2,30,32). The summed E-state index contributed by atoms with van der Waals surface area (Å²) in [5, 5.41) is 0. The van der Waals surface area contributed by atoms with Crippen molar-refractivity contribution in [2.75, 3.05) is 7.11 Å². The lowest BCUT2D eigenvalue weighted by Gasteiger charge is -2.52. The first-order chi connectivity index (χ1) is 15.9. The molecule has 172 valence electrons. The highest BCUT2D eigenvalue weighted by Crippen LogP contribution is 2.60. The Kier molecular flexibility index (Phi) is 6.45. The average Bonchev–Trinajstić information content (AvgIpc) is 3.15. The van der Waals surface area contributed by atoms with Gasteiger partial charge in [-0.2, -0.15) is 0 Å². The van der Waals surface area contributed by atoms with E-state index in [1.165, 1.54) is 11.1 Å². The first kappa shape index (κ1) is 23.3. The van der Waals surface area contributed by atoms with Crippen LogP contribution in [0.2, 0.25) is 0 Å². The summed E-state index contributed by atoms with van der Waals surface area (Å²) in [6.45, 7) is 9.81. The predicted octanol–water partition coefficient (Wildman–Crippen LogP) is 5.73. The van der Waals surface area contributed by atoms with Crippen molar-refractivity contribution in [3.63, 3.8) is 0 Å². The molecule has 1 aromatic carbocycles. The summed E-state index contributed by atoms with van der Waals surface area (Å²) >= 11 is 0. The minimum Gasteiger partial charge on any atom is -0.382 e. The number of ether oxygens (including phenoxy) is 1. The first-order valence-corrected chi connectivity index (χ1v) is 11.9. The number of rotatable bonds is 4. The van der Waals surface area contributed by atoms with Gasteiger partial charge in [0, 0.05) is 23.7 Å². The van der Waals surface area contributed by atoms with E-state index in [0.717, 1.165) is 60.9 Å². The van der Waals surface area contributed by atoms with Crippen molar-refractivity contribution in [2.24, 2.45) is 21.1 Å². The Labute approximate surface area is 198 Å². The fourth-order valence-electron chi connectivity index (χ4n) is 5.84. The SMILES string of the molecule is C=CC(C#CC)=CC(=CC)c1ccc2c(c1)C1(N=C(C)C(N)=N1)C1(CC2)CCC(OC)CC1. The Bertz CT molecular complexity index is 1110. The van der Waals surface area contributed by atoms with Gasteiger partial charge in [0.1, 0.15) is 5.84 Å². The average molecular weight is 442 g/mol. The van der Waals surface area contributed by atoms with E-state index in [9.17, 15) is 0 Å². The van der Waals surface area contributed by atoms with Crippen molar-refractivity contribution < 1.29 is 4.74 Å². The van der Waals surface area contributed by atoms with E-state index in [4.69, 9.17) is 20.5 Å².